The lowest BCUT2D eigenvalue weighted by atomic mass is 10.3. The molecule has 0 aliphatic rings. The molecule has 4 heteroatoms. The van der Waals surface area contributed by atoms with E-state index in [0.29, 0.717) is 6.42 Å². The van der Waals surface area contributed by atoms with E-state index in [2.05, 4.69) is 0 Å². The first-order valence-electron chi connectivity index (χ1n) is 2.40. The van der Waals surface area contributed by atoms with E-state index in [1.54, 1.807) is 16.2 Å². The van der Waals surface area contributed by atoms with Crippen LogP contribution in [-0.2, 0) is 0 Å². The lowest BCUT2D eigenvalue weighted by Crippen LogP contribution is -2.34. The molecular formula is C4H11O3P. The summed E-state index contributed by atoms with van der Waals surface area (Å²) in [6.07, 6.45) is -0.747. The summed E-state index contributed by atoms with van der Waals surface area (Å²) in [5.74, 6) is 0. The highest BCUT2D eigenvalue weighted by atomic mass is 31.0. The molecular weight excluding hydrogens is 127 g/mol. The van der Waals surface area contributed by atoms with Crippen molar-refractivity contribution in [2.24, 2.45) is 0 Å². The molecule has 0 saturated heterocycles. The average molecular weight is 138 g/mol. The van der Waals surface area contributed by atoms with Crippen LogP contribution in [0.2, 0.25) is 0 Å². The molecule has 0 bridgehead atoms. The van der Waals surface area contributed by atoms with E-state index in [1.807, 2.05) is 0 Å². The molecule has 0 aromatic heterocycles. The van der Waals surface area contributed by atoms with Gasteiger partial charge in [0.05, 0.1) is 0 Å². The molecule has 8 heavy (non-hydrogen) atoms. The van der Waals surface area contributed by atoms with Gasteiger partial charge in [0.1, 0.15) is 6.10 Å². The third-order valence-electron chi connectivity index (χ3n) is 0.877. The first kappa shape index (κ1) is 8.31. The van der Waals surface area contributed by atoms with Crippen LogP contribution in [0, 0.1) is 0 Å². The van der Waals surface area contributed by atoms with Gasteiger partial charge in [-0.15, -0.1) is 0 Å². The van der Waals surface area contributed by atoms with Crippen LogP contribution in [0.1, 0.15) is 13.3 Å². The number of aliphatic hydroxyl groups is 3. The Labute approximate surface area is 50.5 Å². The maximum absolute atomic E-state index is 8.67. The Morgan fingerprint density at radius 2 is 2.00 bits per heavy atom. The minimum Gasteiger partial charge on any atom is -0.387 e. The van der Waals surface area contributed by atoms with Crippen molar-refractivity contribution in [2.45, 2.75) is 25.0 Å². The zero-order valence-electron chi connectivity index (χ0n) is 4.70. The van der Waals surface area contributed by atoms with Gasteiger partial charge < -0.3 is 15.3 Å². The smallest absolute Gasteiger partial charge is 0.202 e. The van der Waals surface area contributed by atoms with Gasteiger partial charge in [0.2, 0.25) is 5.53 Å². The molecule has 0 aromatic carbocycles. The second-order valence-electron chi connectivity index (χ2n) is 1.71. The monoisotopic (exact) mass is 138 g/mol. The molecule has 0 amide bonds. The van der Waals surface area contributed by atoms with Gasteiger partial charge in [-0.2, -0.15) is 0 Å². The number of aliphatic hydroxyl groups excluding tert-OH is 1. The zero-order chi connectivity index (χ0) is 6.78. The van der Waals surface area contributed by atoms with Gasteiger partial charge in [-0.1, -0.05) is 16.2 Å². The van der Waals surface area contributed by atoms with Crippen molar-refractivity contribution in [1.82, 2.24) is 0 Å². The molecule has 0 fully saturated rings. The molecule has 0 aliphatic carbocycles. The summed E-state index contributed by atoms with van der Waals surface area (Å²) in [5, 5.41) is 25.8. The minimum absolute atomic E-state index is 0.330. The van der Waals surface area contributed by atoms with Crippen LogP contribution in [0.4, 0.5) is 0 Å². The molecule has 0 aliphatic heterocycles. The van der Waals surface area contributed by atoms with Gasteiger partial charge in [0, 0.05) is 0 Å². The van der Waals surface area contributed by atoms with Crippen molar-refractivity contribution in [3.05, 3.63) is 0 Å². The fraction of sp³-hybridized carbons (Fsp3) is 1.00. The summed E-state index contributed by atoms with van der Waals surface area (Å²) >= 11 is 0. The predicted octanol–water partition coefficient (Wildman–Crippen LogP) is -0.729. The van der Waals surface area contributed by atoms with Crippen LogP contribution >= 0.6 is 9.24 Å². The van der Waals surface area contributed by atoms with Gasteiger partial charge in [0.25, 0.3) is 0 Å². The Morgan fingerprint density at radius 1 is 1.62 bits per heavy atom. The Kier molecular flexibility index (Phi) is 2.84. The van der Waals surface area contributed by atoms with Crippen LogP contribution in [-0.4, -0.2) is 27.0 Å². The fourth-order valence-corrected chi connectivity index (χ4v) is 0.536. The second kappa shape index (κ2) is 2.74. The van der Waals surface area contributed by atoms with Crippen molar-refractivity contribution in [1.29, 1.82) is 0 Å². The Hall–Kier alpha value is 0.310. The lowest BCUT2D eigenvalue weighted by molar-refractivity contribution is -0.154. The molecule has 0 spiro atoms. The fourth-order valence-electron chi connectivity index (χ4n) is 0.300. The highest BCUT2D eigenvalue weighted by molar-refractivity contribution is 7.18. The summed E-state index contributed by atoms with van der Waals surface area (Å²) < 4.78 is 0. The van der Waals surface area contributed by atoms with Gasteiger partial charge in [0.15, 0.2) is 0 Å². The van der Waals surface area contributed by atoms with E-state index >= 15 is 0 Å². The van der Waals surface area contributed by atoms with Gasteiger partial charge >= 0.3 is 0 Å². The molecule has 50 valence electrons. The molecule has 0 radical (unpaired) electrons. The van der Waals surface area contributed by atoms with Crippen molar-refractivity contribution < 1.29 is 15.3 Å². The lowest BCUT2D eigenvalue weighted by Gasteiger charge is -2.20. The predicted molar refractivity (Wildman–Crippen MR) is 33.2 cm³/mol. The van der Waals surface area contributed by atoms with E-state index in [-0.39, 0.29) is 0 Å². The maximum Gasteiger partial charge on any atom is 0.202 e. The molecule has 0 rings (SSSR count). The van der Waals surface area contributed by atoms with Crippen molar-refractivity contribution in [3.63, 3.8) is 0 Å². The third-order valence-corrected chi connectivity index (χ3v) is 1.26. The molecule has 2 unspecified atom stereocenters. The summed E-state index contributed by atoms with van der Waals surface area (Å²) in [5.41, 5.74) is -2.02. The van der Waals surface area contributed by atoms with E-state index in [9.17, 15) is 0 Å². The SMILES string of the molecule is CCC(O)C(O)(O)P. The minimum atomic E-state index is -2.02. The average Bonchev–Trinajstić information content (AvgIpc) is 1.62. The van der Waals surface area contributed by atoms with Crippen LogP contribution in [0.25, 0.3) is 0 Å². The molecule has 2 atom stereocenters. The molecule has 3 N–H and O–H groups in total. The Bertz CT molecular complexity index is 68.2. The van der Waals surface area contributed by atoms with Crippen molar-refractivity contribution in [3.8, 4) is 0 Å². The molecule has 0 heterocycles. The Balaban J connectivity index is 3.62. The zero-order valence-corrected chi connectivity index (χ0v) is 5.86. The summed E-state index contributed by atoms with van der Waals surface area (Å²) in [7, 11) is 1.74. The highest BCUT2D eigenvalue weighted by Gasteiger charge is 2.24. The maximum atomic E-state index is 8.67. The first-order valence-corrected chi connectivity index (χ1v) is 2.98. The second-order valence-corrected chi connectivity index (χ2v) is 2.56. The standard InChI is InChI=1S/C4H11O3P/c1-2-3(5)4(6,7)8/h3,5-7H,2,8H2,1H3. The van der Waals surface area contributed by atoms with Gasteiger partial charge in [-0.05, 0) is 6.42 Å². The van der Waals surface area contributed by atoms with Crippen LogP contribution < -0.4 is 0 Å². The quantitative estimate of drug-likeness (QED) is 0.348. The number of hydrogen-bond acceptors (Lipinski definition) is 3. The van der Waals surface area contributed by atoms with Gasteiger partial charge in [-0.3, -0.25) is 0 Å². The van der Waals surface area contributed by atoms with Crippen LogP contribution in [0.5, 0.6) is 0 Å². The van der Waals surface area contributed by atoms with Crippen LogP contribution in [0.15, 0.2) is 0 Å². The molecule has 0 saturated carbocycles. The molecule has 3 nitrogen and oxygen atoms in total. The number of rotatable bonds is 2. The summed E-state index contributed by atoms with van der Waals surface area (Å²) in [4.78, 5) is 0. The van der Waals surface area contributed by atoms with E-state index in [0.717, 1.165) is 0 Å². The van der Waals surface area contributed by atoms with Crippen LogP contribution in [0.3, 0.4) is 0 Å². The third kappa shape index (κ3) is 2.58. The summed E-state index contributed by atoms with van der Waals surface area (Å²) in [6, 6.07) is 0. The van der Waals surface area contributed by atoms with E-state index in [1.165, 1.54) is 0 Å². The van der Waals surface area contributed by atoms with E-state index in [4.69, 9.17) is 15.3 Å². The largest absolute Gasteiger partial charge is 0.387 e. The topological polar surface area (TPSA) is 60.7 Å². The number of hydrogen-bond donors (Lipinski definition) is 3. The first-order chi connectivity index (χ1) is 3.48. The van der Waals surface area contributed by atoms with Crippen molar-refractivity contribution >= 4 is 9.24 Å². The highest BCUT2D eigenvalue weighted by Crippen LogP contribution is 2.16. The molecule has 0 aromatic rings. The summed E-state index contributed by atoms with van der Waals surface area (Å²) in [6.45, 7) is 1.66. The normalized spacial score (nSPS) is 16.1. The van der Waals surface area contributed by atoms with E-state index < -0.39 is 11.6 Å². The Morgan fingerprint density at radius 3 is 2.00 bits per heavy atom. The van der Waals surface area contributed by atoms with Gasteiger partial charge in [-0.25, -0.2) is 0 Å². The van der Waals surface area contributed by atoms with Crippen molar-refractivity contribution in [2.75, 3.05) is 0 Å².